The van der Waals surface area contributed by atoms with Gasteiger partial charge in [-0.1, -0.05) is 18.2 Å². The number of carbonyl (C=O) groups is 1. The number of benzene rings is 2. The summed E-state index contributed by atoms with van der Waals surface area (Å²) in [5, 5.41) is 0. The van der Waals surface area contributed by atoms with Crippen molar-refractivity contribution in [3.63, 3.8) is 0 Å². The number of hydrogen-bond donors (Lipinski definition) is 1. The van der Waals surface area contributed by atoms with Crippen LogP contribution in [0.4, 0.5) is 5.69 Å². The third-order valence-electron chi connectivity index (χ3n) is 6.61. The van der Waals surface area contributed by atoms with Gasteiger partial charge in [-0.2, -0.15) is 0 Å². The minimum atomic E-state index is 0.122. The highest BCUT2D eigenvalue weighted by molar-refractivity contribution is 5.95. The quantitative estimate of drug-likeness (QED) is 0.701. The summed E-state index contributed by atoms with van der Waals surface area (Å²) >= 11 is 0. The fourth-order valence-electron chi connectivity index (χ4n) is 4.78. The second kappa shape index (κ2) is 7.63. The van der Waals surface area contributed by atoms with Crippen molar-refractivity contribution in [3.8, 4) is 0 Å². The molecule has 5 rings (SSSR count). The van der Waals surface area contributed by atoms with Crippen molar-refractivity contribution < 1.29 is 4.79 Å². The van der Waals surface area contributed by atoms with Crippen LogP contribution in [0.5, 0.6) is 0 Å². The Morgan fingerprint density at radius 1 is 1.10 bits per heavy atom. The van der Waals surface area contributed by atoms with Crippen molar-refractivity contribution in [1.29, 1.82) is 0 Å². The number of anilines is 1. The molecule has 0 aliphatic carbocycles. The maximum Gasteiger partial charge on any atom is 0.253 e. The van der Waals surface area contributed by atoms with Gasteiger partial charge in [0.25, 0.3) is 5.91 Å². The molecule has 154 valence electrons. The van der Waals surface area contributed by atoms with Gasteiger partial charge in [-0.25, -0.2) is 4.98 Å². The maximum atomic E-state index is 13.3. The van der Waals surface area contributed by atoms with Gasteiger partial charge in [0.05, 0.1) is 0 Å². The molecule has 3 aromatic rings. The molecular weight excluding hydrogens is 372 g/mol. The summed E-state index contributed by atoms with van der Waals surface area (Å²) in [6.07, 6.45) is 5.73. The number of nitrogens with one attached hydrogen (secondary N) is 1. The third kappa shape index (κ3) is 3.49. The predicted octanol–water partition coefficient (Wildman–Crippen LogP) is 4.57. The van der Waals surface area contributed by atoms with E-state index in [9.17, 15) is 4.79 Å². The van der Waals surface area contributed by atoms with Gasteiger partial charge in [0, 0.05) is 55.7 Å². The molecule has 2 aliphatic heterocycles. The largest absolute Gasteiger partial charge is 0.363 e. The lowest BCUT2D eigenvalue weighted by molar-refractivity contribution is 0.0705. The van der Waals surface area contributed by atoms with Crippen LogP contribution in [0.15, 0.2) is 48.8 Å². The van der Waals surface area contributed by atoms with Crippen LogP contribution in [-0.4, -0.2) is 33.9 Å². The highest BCUT2D eigenvalue weighted by Gasteiger charge is 2.27. The number of hydrogen-bond acceptors (Lipinski definition) is 3. The monoisotopic (exact) mass is 400 g/mol. The molecule has 2 aliphatic rings. The average molecular weight is 401 g/mol. The van der Waals surface area contributed by atoms with Gasteiger partial charge in [-0.15, -0.1) is 0 Å². The Morgan fingerprint density at radius 2 is 1.87 bits per heavy atom. The molecule has 1 fully saturated rings. The van der Waals surface area contributed by atoms with Gasteiger partial charge < -0.3 is 14.8 Å². The number of amides is 1. The topological polar surface area (TPSA) is 52.2 Å². The number of imidazole rings is 1. The molecule has 1 amide bonds. The van der Waals surface area contributed by atoms with Crippen LogP contribution < -0.4 is 4.90 Å². The Morgan fingerprint density at radius 3 is 2.57 bits per heavy atom. The zero-order valence-corrected chi connectivity index (χ0v) is 17.7. The lowest BCUT2D eigenvalue weighted by Crippen LogP contribution is -2.39. The molecule has 1 aromatic heterocycles. The standard InChI is InChI=1S/C25H28N4O/c1-17-11-21-15-29(16-22(21)12-18(17)2)23-7-3-5-19(13-23)25(30)28-10-4-6-20(14-28)24-26-8-9-27-24/h3,5,7-9,11-13,20H,4,6,10,14-16H2,1-2H3,(H,26,27)/t20-/m0/s1. The molecule has 2 aromatic carbocycles. The van der Waals surface area contributed by atoms with Crippen LogP contribution in [0.1, 0.15) is 57.2 Å². The van der Waals surface area contributed by atoms with E-state index in [-0.39, 0.29) is 5.91 Å². The van der Waals surface area contributed by atoms with Gasteiger partial charge in [0.2, 0.25) is 0 Å². The Balaban J connectivity index is 1.33. The zero-order chi connectivity index (χ0) is 20.7. The summed E-state index contributed by atoms with van der Waals surface area (Å²) in [6, 6.07) is 12.7. The van der Waals surface area contributed by atoms with Crippen molar-refractivity contribution in [3.05, 3.63) is 82.4 Å². The van der Waals surface area contributed by atoms with Gasteiger partial charge in [0.15, 0.2) is 0 Å². The zero-order valence-electron chi connectivity index (χ0n) is 17.7. The highest BCUT2D eigenvalue weighted by atomic mass is 16.2. The normalized spacial score (nSPS) is 18.5. The molecule has 30 heavy (non-hydrogen) atoms. The summed E-state index contributed by atoms with van der Waals surface area (Å²) in [6.45, 7) is 7.69. The SMILES string of the molecule is Cc1cc2c(cc1C)CN(c1cccc(C(=O)N3CCC[C@H](c4ncc[nH]4)C3)c1)C2. The third-order valence-corrected chi connectivity index (χ3v) is 6.61. The molecule has 0 spiro atoms. The van der Waals surface area contributed by atoms with Gasteiger partial charge in [-0.3, -0.25) is 4.79 Å². The van der Waals surface area contributed by atoms with E-state index in [1.54, 1.807) is 6.20 Å². The van der Waals surface area contributed by atoms with E-state index in [1.165, 1.54) is 22.3 Å². The lowest BCUT2D eigenvalue weighted by Gasteiger charge is -2.32. The number of piperidine rings is 1. The first-order chi connectivity index (χ1) is 14.6. The summed E-state index contributed by atoms with van der Waals surface area (Å²) in [7, 11) is 0. The number of fused-ring (bicyclic) bond motifs is 1. The smallest absolute Gasteiger partial charge is 0.253 e. The van der Waals surface area contributed by atoms with Crippen LogP contribution >= 0.6 is 0 Å². The van der Waals surface area contributed by atoms with Crippen LogP contribution in [0, 0.1) is 13.8 Å². The van der Waals surface area contributed by atoms with E-state index in [0.717, 1.165) is 56.1 Å². The molecule has 0 saturated carbocycles. The molecule has 3 heterocycles. The summed E-state index contributed by atoms with van der Waals surface area (Å²) in [5.41, 5.74) is 7.37. The van der Waals surface area contributed by atoms with Crippen LogP contribution in [-0.2, 0) is 13.1 Å². The maximum absolute atomic E-state index is 13.3. The number of nitrogens with zero attached hydrogens (tertiary/aromatic N) is 3. The van der Waals surface area contributed by atoms with Crippen molar-refractivity contribution in [1.82, 2.24) is 14.9 Å². The number of aromatic nitrogens is 2. The molecule has 1 N–H and O–H groups in total. The fraction of sp³-hybridized carbons (Fsp3) is 0.360. The van der Waals surface area contributed by atoms with E-state index < -0.39 is 0 Å². The van der Waals surface area contributed by atoms with E-state index in [1.807, 2.05) is 23.2 Å². The molecule has 1 saturated heterocycles. The van der Waals surface area contributed by atoms with Crippen molar-refractivity contribution >= 4 is 11.6 Å². The van der Waals surface area contributed by atoms with Crippen molar-refractivity contribution in [2.75, 3.05) is 18.0 Å². The molecular formula is C25H28N4O. The van der Waals surface area contributed by atoms with Crippen molar-refractivity contribution in [2.24, 2.45) is 0 Å². The molecule has 0 bridgehead atoms. The van der Waals surface area contributed by atoms with E-state index in [4.69, 9.17) is 0 Å². The van der Waals surface area contributed by atoms with Crippen LogP contribution in [0.25, 0.3) is 0 Å². The molecule has 0 radical (unpaired) electrons. The number of likely N-dealkylation sites (tertiary alicyclic amines) is 1. The molecule has 0 unspecified atom stereocenters. The summed E-state index contributed by atoms with van der Waals surface area (Å²) < 4.78 is 0. The van der Waals surface area contributed by atoms with E-state index >= 15 is 0 Å². The van der Waals surface area contributed by atoms with Crippen LogP contribution in [0.3, 0.4) is 0 Å². The number of aryl methyl sites for hydroxylation is 2. The van der Waals surface area contributed by atoms with Crippen LogP contribution in [0.2, 0.25) is 0 Å². The highest BCUT2D eigenvalue weighted by Crippen LogP contribution is 2.31. The number of H-pyrrole nitrogens is 1. The van der Waals surface area contributed by atoms with Gasteiger partial charge in [-0.05, 0) is 67.1 Å². The Kier molecular flexibility index (Phi) is 4.81. The first-order valence-corrected chi connectivity index (χ1v) is 10.8. The van der Waals surface area contributed by atoms with E-state index in [0.29, 0.717) is 5.92 Å². The Bertz CT molecular complexity index is 1040. The minimum Gasteiger partial charge on any atom is -0.363 e. The molecule has 5 heteroatoms. The number of carbonyl (C=O) groups excluding carboxylic acids is 1. The first-order valence-electron chi connectivity index (χ1n) is 10.8. The van der Waals surface area contributed by atoms with Gasteiger partial charge >= 0.3 is 0 Å². The first kappa shape index (κ1) is 18.9. The fourth-order valence-corrected chi connectivity index (χ4v) is 4.78. The lowest BCUT2D eigenvalue weighted by atomic mass is 9.96. The Hall–Kier alpha value is -3.08. The molecule has 5 nitrogen and oxygen atoms in total. The summed E-state index contributed by atoms with van der Waals surface area (Å²) in [4.78, 5) is 25.2. The summed E-state index contributed by atoms with van der Waals surface area (Å²) in [5.74, 6) is 1.40. The van der Waals surface area contributed by atoms with Gasteiger partial charge in [0.1, 0.15) is 5.82 Å². The number of aromatic amines is 1. The Labute approximate surface area is 177 Å². The predicted molar refractivity (Wildman–Crippen MR) is 119 cm³/mol. The van der Waals surface area contributed by atoms with Crippen molar-refractivity contribution in [2.45, 2.75) is 45.7 Å². The molecule has 1 atom stereocenters. The minimum absolute atomic E-state index is 0.122. The average Bonchev–Trinajstić information content (AvgIpc) is 3.44. The second-order valence-corrected chi connectivity index (χ2v) is 8.68. The van der Waals surface area contributed by atoms with E-state index in [2.05, 4.69) is 53.0 Å². The second-order valence-electron chi connectivity index (χ2n) is 8.68. The number of rotatable bonds is 3.